The number of rotatable bonds is 4. The van der Waals surface area contributed by atoms with Crippen LogP contribution in [0.15, 0.2) is 21.1 Å². The summed E-state index contributed by atoms with van der Waals surface area (Å²) in [5, 5.41) is 3.49. The lowest BCUT2D eigenvalue weighted by Gasteiger charge is -2.25. The van der Waals surface area contributed by atoms with Crippen LogP contribution in [0.4, 0.5) is 0 Å². The first-order valence-corrected chi connectivity index (χ1v) is 8.91. The van der Waals surface area contributed by atoms with Gasteiger partial charge in [-0.3, -0.25) is 0 Å². The highest BCUT2D eigenvalue weighted by Gasteiger charge is 2.19. The molecule has 2 rings (SSSR count). The Morgan fingerprint density at radius 3 is 2.48 bits per heavy atom. The molecule has 1 aliphatic rings. The van der Waals surface area contributed by atoms with Gasteiger partial charge in [-0.2, -0.15) is 0 Å². The lowest BCUT2D eigenvalue weighted by Crippen LogP contribution is -2.35. The molecule has 1 N–H and O–H groups in total. The van der Waals surface area contributed by atoms with Gasteiger partial charge in [0.15, 0.2) is 0 Å². The van der Waals surface area contributed by atoms with Crippen molar-refractivity contribution in [2.45, 2.75) is 51.8 Å². The second-order valence-corrected chi connectivity index (χ2v) is 8.16. The highest BCUT2D eigenvalue weighted by molar-refractivity contribution is 9.11. The van der Waals surface area contributed by atoms with E-state index in [4.69, 9.17) is 9.47 Å². The molecule has 1 atom stereocenters. The molecule has 1 aliphatic heterocycles. The number of nitrogens with one attached hydrogen (secondary N) is 1. The van der Waals surface area contributed by atoms with E-state index in [1.54, 1.807) is 0 Å². The predicted octanol–water partition coefficient (Wildman–Crippen LogP) is 4.66. The molecule has 1 aromatic rings. The van der Waals surface area contributed by atoms with Crippen molar-refractivity contribution in [1.82, 2.24) is 5.32 Å². The molecule has 1 aromatic carbocycles. The SMILES string of the molecule is CC(C)(C)NCc1cc(Br)c(OC2CCCOC2)c(Br)c1. The minimum absolute atomic E-state index is 0.105. The Balaban J connectivity index is 2.05. The molecule has 0 amide bonds. The molecule has 21 heavy (non-hydrogen) atoms. The maximum atomic E-state index is 6.08. The molecule has 118 valence electrons. The van der Waals surface area contributed by atoms with E-state index in [-0.39, 0.29) is 11.6 Å². The van der Waals surface area contributed by atoms with Crippen molar-refractivity contribution in [3.8, 4) is 5.75 Å². The summed E-state index contributed by atoms with van der Waals surface area (Å²) in [6, 6.07) is 4.23. The van der Waals surface area contributed by atoms with Crippen LogP contribution in [-0.4, -0.2) is 24.9 Å². The third-order valence-corrected chi connectivity index (χ3v) is 4.46. The van der Waals surface area contributed by atoms with E-state index >= 15 is 0 Å². The third-order valence-electron chi connectivity index (χ3n) is 3.28. The monoisotopic (exact) mass is 419 g/mol. The zero-order valence-corrected chi connectivity index (χ0v) is 16.0. The number of benzene rings is 1. The molecule has 0 aromatic heterocycles. The van der Waals surface area contributed by atoms with Gasteiger partial charge in [-0.1, -0.05) is 0 Å². The van der Waals surface area contributed by atoms with E-state index in [0.29, 0.717) is 6.61 Å². The number of ether oxygens (including phenoxy) is 2. The maximum Gasteiger partial charge on any atom is 0.148 e. The van der Waals surface area contributed by atoms with Crippen LogP contribution in [0, 0.1) is 0 Å². The number of hydrogen-bond acceptors (Lipinski definition) is 3. The van der Waals surface area contributed by atoms with Gasteiger partial charge in [-0.15, -0.1) is 0 Å². The maximum absolute atomic E-state index is 6.08. The Hall–Kier alpha value is -0.100. The quantitative estimate of drug-likeness (QED) is 0.768. The van der Waals surface area contributed by atoms with Gasteiger partial charge in [0, 0.05) is 18.7 Å². The van der Waals surface area contributed by atoms with Crippen molar-refractivity contribution in [3.63, 3.8) is 0 Å². The molecular weight excluding hydrogens is 398 g/mol. The predicted molar refractivity (Wildman–Crippen MR) is 92.9 cm³/mol. The van der Waals surface area contributed by atoms with Crippen molar-refractivity contribution >= 4 is 31.9 Å². The topological polar surface area (TPSA) is 30.5 Å². The fourth-order valence-electron chi connectivity index (χ4n) is 2.17. The average Bonchev–Trinajstić information content (AvgIpc) is 2.41. The summed E-state index contributed by atoms with van der Waals surface area (Å²) in [4.78, 5) is 0. The number of hydrogen-bond donors (Lipinski definition) is 1. The van der Waals surface area contributed by atoms with Crippen molar-refractivity contribution in [2.24, 2.45) is 0 Å². The summed E-state index contributed by atoms with van der Waals surface area (Å²) in [5.74, 6) is 0.866. The summed E-state index contributed by atoms with van der Waals surface area (Å²) < 4.78 is 13.5. The van der Waals surface area contributed by atoms with E-state index in [0.717, 1.165) is 40.7 Å². The molecule has 0 saturated carbocycles. The Labute approximate surface area is 144 Å². The molecule has 1 heterocycles. The summed E-state index contributed by atoms with van der Waals surface area (Å²) in [6.07, 6.45) is 2.25. The van der Waals surface area contributed by atoms with Crippen LogP contribution in [0.3, 0.4) is 0 Å². The summed E-state index contributed by atoms with van der Waals surface area (Å²) in [5.41, 5.74) is 1.32. The van der Waals surface area contributed by atoms with Gasteiger partial charge in [-0.25, -0.2) is 0 Å². The first-order chi connectivity index (χ1) is 9.85. The van der Waals surface area contributed by atoms with Crippen molar-refractivity contribution in [3.05, 3.63) is 26.6 Å². The second-order valence-electron chi connectivity index (χ2n) is 6.45. The van der Waals surface area contributed by atoms with Gasteiger partial charge in [0.25, 0.3) is 0 Å². The molecule has 1 unspecified atom stereocenters. The zero-order chi connectivity index (χ0) is 15.5. The Morgan fingerprint density at radius 1 is 1.29 bits per heavy atom. The van der Waals surface area contributed by atoms with E-state index < -0.39 is 0 Å². The van der Waals surface area contributed by atoms with E-state index in [1.165, 1.54) is 5.56 Å². The van der Waals surface area contributed by atoms with Crippen LogP contribution in [-0.2, 0) is 11.3 Å². The largest absolute Gasteiger partial charge is 0.486 e. The fraction of sp³-hybridized carbons (Fsp3) is 0.625. The molecule has 1 saturated heterocycles. The van der Waals surface area contributed by atoms with Gasteiger partial charge in [0.1, 0.15) is 11.9 Å². The van der Waals surface area contributed by atoms with Crippen LogP contribution in [0.2, 0.25) is 0 Å². The van der Waals surface area contributed by atoms with Crippen molar-refractivity contribution < 1.29 is 9.47 Å². The highest BCUT2D eigenvalue weighted by Crippen LogP contribution is 2.36. The van der Waals surface area contributed by atoms with Crippen molar-refractivity contribution in [1.29, 1.82) is 0 Å². The van der Waals surface area contributed by atoms with Crippen LogP contribution in [0.25, 0.3) is 0 Å². The minimum Gasteiger partial charge on any atom is -0.486 e. The second kappa shape index (κ2) is 7.44. The third kappa shape index (κ3) is 5.55. The first kappa shape index (κ1) is 17.3. The fourth-order valence-corrected chi connectivity index (χ4v) is 3.63. The molecule has 0 radical (unpaired) electrons. The van der Waals surface area contributed by atoms with Gasteiger partial charge in [-0.05, 0) is 83.2 Å². The average molecular weight is 421 g/mol. The molecule has 3 nitrogen and oxygen atoms in total. The van der Waals surface area contributed by atoms with Gasteiger partial charge in [0.05, 0.1) is 15.6 Å². The molecule has 0 aliphatic carbocycles. The van der Waals surface area contributed by atoms with Crippen molar-refractivity contribution in [2.75, 3.05) is 13.2 Å². The smallest absolute Gasteiger partial charge is 0.148 e. The Bertz CT molecular complexity index is 457. The molecule has 0 bridgehead atoms. The Morgan fingerprint density at radius 2 is 1.95 bits per heavy atom. The number of halogens is 2. The molecular formula is C16H23Br2NO2. The summed E-state index contributed by atoms with van der Waals surface area (Å²) in [6.45, 7) is 8.84. The standard InChI is InChI=1S/C16H23Br2NO2/c1-16(2,3)19-9-11-7-13(17)15(14(18)8-11)21-12-5-4-6-20-10-12/h7-8,12,19H,4-6,9-10H2,1-3H3. The minimum atomic E-state index is 0.105. The zero-order valence-electron chi connectivity index (χ0n) is 12.8. The lowest BCUT2D eigenvalue weighted by atomic mass is 10.1. The van der Waals surface area contributed by atoms with E-state index in [9.17, 15) is 0 Å². The van der Waals surface area contributed by atoms with E-state index in [1.807, 2.05) is 0 Å². The van der Waals surface area contributed by atoms with Gasteiger partial charge >= 0.3 is 0 Å². The molecule has 1 fully saturated rings. The van der Waals surface area contributed by atoms with Crippen LogP contribution < -0.4 is 10.1 Å². The van der Waals surface area contributed by atoms with Crippen LogP contribution >= 0.6 is 31.9 Å². The lowest BCUT2D eigenvalue weighted by molar-refractivity contribution is 0.00678. The van der Waals surface area contributed by atoms with Gasteiger partial charge in [0.2, 0.25) is 0 Å². The van der Waals surface area contributed by atoms with Crippen LogP contribution in [0.1, 0.15) is 39.2 Å². The highest BCUT2D eigenvalue weighted by atomic mass is 79.9. The normalized spacial score (nSPS) is 19.6. The molecule has 0 spiro atoms. The summed E-state index contributed by atoms with van der Waals surface area (Å²) in [7, 11) is 0. The molecule has 5 heteroatoms. The summed E-state index contributed by atoms with van der Waals surface area (Å²) >= 11 is 7.24. The Kier molecular flexibility index (Phi) is 6.12. The first-order valence-electron chi connectivity index (χ1n) is 7.32. The van der Waals surface area contributed by atoms with Crippen LogP contribution in [0.5, 0.6) is 5.75 Å². The van der Waals surface area contributed by atoms with Gasteiger partial charge < -0.3 is 14.8 Å². The van der Waals surface area contributed by atoms with E-state index in [2.05, 4.69) is 70.1 Å².